The summed E-state index contributed by atoms with van der Waals surface area (Å²) in [7, 11) is -3.85. The highest BCUT2D eigenvalue weighted by Crippen LogP contribution is 2.35. The molecule has 18 heavy (non-hydrogen) atoms. The number of rotatable bonds is 2. The molecule has 1 aliphatic rings. The Morgan fingerprint density at radius 1 is 1.11 bits per heavy atom. The Morgan fingerprint density at radius 2 is 1.72 bits per heavy atom. The molecular weight excluding hydrogens is 321 g/mol. The third-order valence-corrected chi connectivity index (χ3v) is 5.28. The fourth-order valence-electron chi connectivity index (χ4n) is 1.64. The van der Waals surface area contributed by atoms with E-state index >= 15 is 0 Å². The zero-order chi connectivity index (χ0) is 13.3. The van der Waals surface area contributed by atoms with Gasteiger partial charge in [0, 0.05) is 11.6 Å². The van der Waals surface area contributed by atoms with Crippen molar-refractivity contribution in [2.75, 3.05) is 13.2 Å². The molecule has 1 aromatic rings. The van der Waals surface area contributed by atoms with E-state index in [0.717, 1.165) is 17.3 Å². The van der Waals surface area contributed by atoms with Gasteiger partial charge in [-0.25, -0.2) is 8.42 Å². The summed E-state index contributed by atoms with van der Waals surface area (Å²) in [5, 5.41) is 0.256. The van der Waals surface area contributed by atoms with Crippen LogP contribution >= 0.6 is 34.8 Å². The predicted molar refractivity (Wildman–Crippen MR) is 70.5 cm³/mol. The highest BCUT2D eigenvalue weighted by molar-refractivity contribution is 7.89. The maximum Gasteiger partial charge on any atom is 0.267 e. The van der Waals surface area contributed by atoms with Crippen molar-refractivity contribution in [3.63, 3.8) is 0 Å². The average molecular weight is 331 g/mol. The molecule has 8 heteroatoms. The number of nitrogens with zero attached hydrogens (tertiary/aromatic N) is 1. The van der Waals surface area contributed by atoms with Crippen molar-refractivity contribution >= 4 is 44.8 Å². The number of sulfonamides is 1. The first kappa shape index (κ1) is 14.4. The molecule has 0 spiro atoms. The van der Waals surface area contributed by atoms with Crippen LogP contribution in [0.1, 0.15) is 12.8 Å². The molecule has 1 aromatic carbocycles. The Morgan fingerprint density at radius 3 is 2.22 bits per heavy atom. The standard InChI is InChI=1S/C10H10Cl3NO3S/c11-7-5-8(12)10(9(13)6-7)18(15,16)14-3-1-2-4-17-14/h5-6H,1-4H2. The van der Waals surface area contributed by atoms with E-state index in [-0.39, 0.29) is 26.5 Å². The van der Waals surface area contributed by atoms with E-state index in [1.165, 1.54) is 12.1 Å². The van der Waals surface area contributed by atoms with E-state index in [0.29, 0.717) is 6.61 Å². The second kappa shape index (κ2) is 5.53. The molecular formula is C10H10Cl3NO3S. The lowest BCUT2D eigenvalue weighted by Gasteiger charge is -2.25. The van der Waals surface area contributed by atoms with Crippen LogP contribution in [0.4, 0.5) is 0 Å². The Bertz CT molecular complexity index is 532. The monoisotopic (exact) mass is 329 g/mol. The number of hydroxylamine groups is 1. The van der Waals surface area contributed by atoms with Crippen LogP contribution in [-0.2, 0) is 14.9 Å². The topological polar surface area (TPSA) is 46.6 Å². The first-order chi connectivity index (χ1) is 8.43. The Hall–Kier alpha value is -0.0400. The molecule has 4 nitrogen and oxygen atoms in total. The minimum atomic E-state index is -3.85. The summed E-state index contributed by atoms with van der Waals surface area (Å²) < 4.78 is 25.6. The highest BCUT2D eigenvalue weighted by atomic mass is 35.5. The third-order valence-electron chi connectivity index (χ3n) is 2.46. The SMILES string of the molecule is O=S(=O)(c1c(Cl)cc(Cl)cc1Cl)N1CCCCO1. The van der Waals surface area contributed by atoms with Gasteiger partial charge in [0.1, 0.15) is 4.90 Å². The number of hydrogen-bond donors (Lipinski definition) is 0. The van der Waals surface area contributed by atoms with Crippen LogP contribution in [0.5, 0.6) is 0 Å². The average Bonchev–Trinajstić information content (AvgIpc) is 2.28. The number of hydrogen-bond acceptors (Lipinski definition) is 3. The van der Waals surface area contributed by atoms with Gasteiger partial charge in [0.2, 0.25) is 0 Å². The molecule has 0 amide bonds. The van der Waals surface area contributed by atoms with Gasteiger partial charge in [-0.3, -0.25) is 4.84 Å². The molecule has 0 aromatic heterocycles. The normalized spacial score (nSPS) is 17.9. The summed E-state index contributed by atoms with van der Waals surface area (Å²) >= 11 is 17.6. The van der Waals surface area contributed by atoms with E-state index < -0.39 is 10.0 Å². The summed E-state index contributed by atoms with van der Waals surface area (Å²) in [5.74, 6) is 0. The van der Waals surface area contributed by atoms with E-state index in [9.17, 15) is 8.42 Å². The van der Waals surface area contributed by atoms with Crippen molar-refractivity contribution in [3.8, 4) is 0 Å². The van der Waals surface area contributed by atoms with Gasteiger partial charge in [0.25, 0.3) is 10.0 Å². The van der Waals surface area contributed by atoms with E-state index in [1.807, 2.05) is 0 Å². The lowest BCUT2D eigenvalue weighted by molar-refractivity contribution is -0.108. The molecule has 0 aliphatic carbocycles. The molecule has 2 rings (SSSR count). The fourth-order valence-corrected chi connectivity index (χ4v) is 4.44. The zero-order valence-corrected chi connectivity index (χ0v) is 12.3. The second-order valence-corrected chi connectivity index (χ2v) is 6.79. The smallest absolute Gasteiger partial charge is 0.267 e. The minimum absolute atomic E-state index is 0.0123. The van der Waals surface area contributed by atoms with Crippen molar-refractivity contribution < 1.29 is 13.3 Å². The maximum atomic E-state index is 12.3. The molecule has 1 aliphatic heterocycles. The van der Waals surface area contributed by atoms with Crippen LogP contribution in [0.3, 0.4) is 0 Å². The van der Waals surface area contributed by atoms with Gasteiger partial charge >= 0.3 is 0 Å². The van der Waals surface area contributed by atoms with Crippen molar-refractivity contribution in [1.29, 1.82) is 0 Å². The van der Waals surface area contributed by atoms with Crippen molar-refractivity contribution in [1.82, 2.24) is 4.47 Å². The molecule has 100 valence electrons. The van der Waals surface area contributed by atoms with Gasteiger partial charge in [0.05, 0.1) is 16.7 Å². The molecule has 0 radical (unpaired) electrons. The van der Waals surface area contributed by atoms with Crippen LogP contribution in [0.2, 0.25) is 15.1 Å². The first-order valence-corrected chi connectivity index (χ1v) is 7.80. The Labute approximate surface area is 120 Å². The van der Waals surface area contributed by atoms with Gasteiger partial charge in [-0.15, -0.1) is 0 Å². The van der Waals surface area contributed by atoms with E-state index in [2.05, 4.69) is 0 Å². The third kappa shape index (κ3) is 2.76. The van der Waals surface area contributed by atoms with Crippen LogP contribution in [-0.4, -0.2) is 26.0 Å². The van der Waals surface area contributed by atoms with Crippen molar-refractivity contribution in [2.45, 2.75) is 17.7 Å². The van der Waals surface area contributed by atoms with E-state index in [4.69, 9.17) is 39.6 Å². The van der Waals surface area contributed by atoms with Crippen LogP contribution in [0.25, 0.3) is 0 Å². The van der Waals surface area contributed by atoms with Gasteiger partial charge in [-0.1, -0.05) is 39.3 Å². The number of halogens is 3. The highest BCUT2D eigenvalue weighted by Gasteiger charge is 2.31. The van der Waals surface area contributed by atoms with Crippen molar-refractivity contribution in [2.24, 2.45) is 0 Å². The molecule has 1 saturated heterocycles. The quantitative estimate of drug-likeness (QED) is 0.835. The lowest BCUT2D eigenvalue weighted by Crippen LogP contribution is -2.36. The van der Waals surface area contributed by atoms with Crippen LogP contribution in [0, 0.1) is 0 Å². The zero-order valence-electron chi connectivity index (χ0n) is 9.20. The number of benzene rings is 1. The Balaban J connectivity index is 2.47. The molecule has 0 saturated carbocycles. The Kier molecular flexibility index (Phi) is 4.41. The van der Waals surface area contributed by atoms with Gasteiger partial charge in [-0.05, 0) is 25.0 Å². The summed E-state index contributed by atoms with van der Waals surface area (Å²) in [4.78, 5) is 4.96. The second-order valence-electron chi connectivity index (χ2n) is 3.77. The molecule has 1 fully saturated rings. The molecule has 0 atom stereocenters. The molecule has 0 unspecified atom stereocenters. The summed E-state index contributed by atoms with van der Waals surface area (Å²) in [5.41, 5.74) is 0. The van der Waals surface area contributed by atoms with Crippen LogP contribution < -0.4 is 0 Å². The lowest BCUT2D eigenvalue weighted by atomic mass is 10.3. The molecule has 0 N–H and O–H groups in total. The first-order valence-electron chi connectivity index (χ1n) is 5.23. The molecule has 0 bridgehead atoms. The summed E-state index contributed by atoms with van der Waals surface area (Å²) in [6.07, 6.45) is 1.57. The summed E-state index contributed by atoms with van der Waals surface area (Å²) in [6, 6.07) is 2.68. The van der Waals surface area contributed by atoms with Gasteiger partial charge in [0.15, 0.2) is 0 Å². The van der Waals surface area contributed by atoms with E-state index in [1.54, 1.807) is 0 Å². The van der Waals surface area contributed by atoms with Gasteiger partial charge < -0.3 is 0 Å². The van der Waals surface area contributed by atoms with Crippen LogP contribution in [0.15, 0.2) is 17.0 Å². The van der Waals surface area contributed by atoms with Gasteiger partial charge in [-0.2, -0.15) is 0 Å². The maximum absolute atomic E-state index is 12.3. The molecule has 1 heterocycles. The summed E-state index contributed by atoms with van der Waals surface area (Å²) in [6.45, 7) is 0.652. The van der Waals surface area contributed by atoms with Crippen molar-refractivity contribution in [3.05, 3.63) is 27.2 Å². The predicted octanol–water partition coefficient (Wildman–Crippen LogP) is 3.36. The minimum Gasteiger partial charge on any atom is -0.284 e. The fraction of sp³-hybridized carbons (Fsp3) is 0.400. The largest absolute Gasteiger partial charge is 0.284 e.